The van der Waals surface area contributed by atoms with Crippen LogP contribution in [0.5, 0.6) is 0 Å². The second-order valence-electron chi connectivity index (χ2n) is 5.37. The third-order valence-corrected chi connectivity index (χ3v) is 4.06. The van der Waals surface area contributed by atoms with Crippen molar-refractivity contribution in [1.29, 1.82) is 0 Å². The van der Waals surface area contributed by atoms with Crippen molar-refractivity contribution in [3.63, 3.8) is 0 Å². The third-order valence-electron chi connectivity index (χ3n) is 3.42. The zero-order chi connectivity index (χ0) is 13.0. The highest BCUT2D eigenvalue weighted by Gasteiger charge is 2.13. The van der Waals surface area contributed by atoms with E-state index in [2.05, 4.69) is 58.2 Å². The average Bonchev–Trinajstić information content (AvgIpc) is 2.37. The minimum Gasteiger partial charge on any atom is -0.371 e. The normalized spacial score (nSPS) is 16.3. The van der Waals surface area contributed by atoms with Crippen LogP contribution in [0.25, 0.3) is 0 Å². The number of hydrogen-bond acceptors (Lipinski definition) is 2. The predicted molar refractivity (Wildman–Crippen MR) is 82.2 cm³/mol. The molecule has 1 aliphatic heterocycles. The second-order valence-corrected chi connectivity index (χ2v) is 6.22. The van der Waals surface area contributed by atoms with Gasteiger partial charge in [0.15, 0.2) is 0 Å². The Kier molecular flexibility index (Phi) is 5.07. The molecule has 2 rings (SSSR count). The van der Waals surface area contributed by atoms with E-state index in [1.165, 1.54) is 48.1 Å². The van der Waals surface area contributed by atoms with E-state index < -0.39 is 0 Å². The maximum absolute atomic E-state index is 3.72. The molecule has 0 atom stereocenters. The summed E-state index contributed by atoms with van der Waals surface area (Å²) in [6, 6.07) is 7.28. The lowest BCUT2D eigenvalue weighted by Gasteiger charge is -2.30. The molecule has 2 nitrogen and oxygen atoms in total. The molecule has 0 amide bonds. The molecule has 1 fully saturated rings. The molecule has 100 valence electrons. The van der Waals surface area contributed by atoms with Crippen molar-refractivity contribution in [1.82, 2.24) is 5.32 Å². The summed E-state index contributed by atoms with van der Waals surface area (Å²) in [4.78, 5) is 2.49. The summed E-state index contributed by atoms with van der Waals surface area (Å²) in [5.41, 5.74) is 2.69. The molecule has 0 unspecified atom stereocenters. The molecule has 1 heterocycles. The molecule has 1 aliphatic rings. The standard InChI is InChI=1S/C15H23BrN2/c1-12(2)17-11-13-6-7-15(14(16)10-13)18-8-4-3-5-9-18/h6-7,10,12,17H,3-5,8-9,11H2,1-2H3. The number of halogens is 1. The summed E-state index contributed by atoms with van der Waals surface area (Å²) < 4.78 is 1.23. The van der Waals surface area contributed by atoms with Gasteiger partial charge in [-0.3, -0.25) is 0 Å². The lowest BCUT2D eigenvalue weighted by molar-refractivity contribution is 0.576. The van der Waals surface area contributed by atoms with Crippen LogP contribution >= 0.6 is 15.9 Å². The van der Waals surface area contributed by atoms with Crippen molar-refractivity contribution in [3.05, 3.63) is 28.2 Å². The van der Waals surface area contributed by atoms with Gasteiger partial charge in [0.1, 0.15) is 0 Å². The Morgan fingerprint density at radius 3 is 2.56 bits per heavy atom. The first kappa shape index (κ1) is 13.9. The maximum atomic E-state index is 3.72. The van der Waals surface area contributed by atoms with Gasteiger partial charge < -0.3 is 10.2 Å². The fourth-order valence-corrected chi connectivity index (χ4v) is 3.05. The van der Waals surface area contributed by atoms with E-state index in [1.54, 1.807) is 0 Å². The monoisotopic (exact) mass is 310 g/mol. The van der Waals surface area contributed by atoms with Gasteiger partial charge in [-0.2, -0.15) is 0 Å². The molecule has 3 heteroatoms. The summed E-state index contributed by atoms with van der Waals surface area (Å²) in [6.07, 6.45) is 4.02. The molecule has 0 radical (unpaired) electrons. The molecule has 1 saturated heterocycles. The molecule has 0 bridgehead atoms. The molecule has 1 aromatic rings. The van der Waals surface area contributed by atoms with E-state index in [4.69, 9.17) is 0 Å². The van der Waals surface area contributed by atoms with Crippen molar-refractivity contribution in [2.75, 3.05) is 18.0 Å². The van der Waals surface area contributed by atoms with E-state index in [1.807, 2.05) is 0 Å². The van der Waals surface area contributed by atoms with Gasteiger partial charge in [-0.25, -0.2) is 0 Å². The Labute approximate surface area is 119 Å². The smallest absolute Gasteiger partial charge is 0.0510 e. The predicted octanol–water partition coefficient (Wildman–Crippen LogP) is 3.94. The van der Waals surface area contributed by atoms with Crippen molar-refractivity contribution in [2.24, 2.45) is 0 Å². The summed E-state index contributed by atoms with van der Waals surface area (Å²) >= 11 is 3.72. The Morgan fingerprint density at radius 1 is 1.22 bits per heavy atom. The maximum Gasteiger partial charge on any atom is 0.0510 e. The van der Waals surface area contributed by atoms with Gasteiger partial charge in [-0.15, -0.1) is 0 Å². The summed E-state index contributed by atoms with van der Waals surface area (Å²) in [7, 11) is 0. The SMILES string of the molecule is CC(C)NCc1ccc(N2CCCCC2)c(Br)c1. The fourth-order valence-electron chi connectivity index (χ4n) is 2.37. The van der Waals surface area contributed by atoms with E-state index in [0.717, 1.165) is 6.54 Å². The fraction of sp³-hybridized carbons (Fsp3) is 0.600. The van der Waals surface area contributed by atoms with E-state index >= 15 is 0 Å². The lowest BCUT2D eigenvalue weighted by atomic mass is 10.1. The molecular formula is C15H23BrN2. The van der Waals surface area contributed by atoms with Crippen molar-refractivity contribution in [3.8, 4) is 0 Å². The molecule has 0 aromatic heterocycles. The summed E-state index contributed by atoms with van der Waals surface area (Å²) in [6.45, 7) is 7.69. The van der Waals surface area contributed by atoms with Gasteiger partial charge in [-0.1, -0.05) is 19.9 Å². The van der Waals surface area contributed by atoms with Crippen LogP contribution in [0.3, 0.4) is 0 Å². The molecule has 1 aromatic carbocycles. The van der Waals surface area contributed by atoms with Crippen molar-refractivity contribution >= 4 is 21.6 Å². The first-order chi connectivity index (χ1) is 8.66. The highest BCUT2D eigenvalue weighted by atomic mass is 79.9. The number of nitrogens with zero attached hydrogens (tertiary/aromatic N) is 1. The number of hydrogen-bond donors (Lipinski definition) is 1. The highest BCUT2D eigenvalue weighted by molar-refractivity contribution is 9.10. The van der Waals surface area contributed by atoms with Gasteiger partial charge in [0, 0.05) is 30.1 Å². The summed E-state index contributed by atoms with van der Waals surface area (Å²) in [5.74, 6) is 0. The van der Waals surface area contributed by atoms with Gasteiger partial charge >= 0.3 is 0 Å². The van der Waals surface area contributed by atoms with Crippen LogP contribution in [-0.2, 0) is 6.54 Å². The van der Waals surface area contributed by atoms with Gasteiger partial charge in [0.05, 0.1) is 5.69 Å². The third kappa shape index (κ3) is 3.72. The van der Waals surface area contributed by atoms with Crippen molar-refractivity contribution < 1.29 is 0 Å². The van der Waals surface area contributed by atoms with Crippen LogP contribution in [0.2, 0.25) is 0 Å². The van der Waals surface area contributed by atoms with Crippen LogP contribution < -0.4 is 10.2 Å². The average molecular weight is 311 g/mol. The van der Waals surface area contributed by atoms with Gasteiger partial charge in [0.2, 0.25) is 0 Å². The summed E-state index contributed by atoms with van der Waals surface area (Å²) in [5, 5.41) is 3.45. The lowest BCUT2D eigenvalue weighted by Crippen LogP contribution is -2.29. The number of rotatable bonds is 4. The first-order valence-electron chi connectivity index (χ1n) is 6.93. The zero-order valence-corrected chi connectivity index (χ0v) is 13.0. The van der Waals surface area contributed by atoms with Crippen LogP contribution in [0, 0.1) is 0 Å². The Balaban J connectivity index is 2.04. The number of anilines is 1. The van der Waals surface area contributed by atoms with E-state index in [-0.39, 0.29) is 0 Å². The van der Waals surface area contributed by atoms with Crippen LogP contribution in [-0.4, -0.2) is 19.1 Å². The van der Waals surface area contributed by atoms with Crippen LogP contribution in [0.15, 0.2) is 22.7 Å². The van der Waals surface area contributed by atoms with E-state index in [9.17, 15) is 0 Å². The minimum absolute atomic E-state index is 0.533. The van der Waals surface area contributed by atoms with Crippen molar-refractivity contribution in [2.45, 2.75) is 45.7 Å². The van der Waals surface area contributed by atoms with Gasteiger partial charge in [-0.05, 0) is 52.9 Å². The minimum atomic E-state index is 0.533. The molecule has 0 spiro atoms. The second kappa shape index (κ2) is 6.58. The number of piperidine rings is 1. The quantitative estimate of drug-likeness (QED) is 0.906. The molecule has 0 saturated carbocycles. The number of nitrogens with one attached hydrogen (secondary N) is 1. The largest absolute Gasteiger partial charge is 0.371 e. The Morgan fingerprint density at radius 2 is 1.94 bits per heavy atom. The molecule has 1 N–H and O–H groups in total. The van der Waals surface area contributed by atoms with Crippen LogP contribution in [0.4, 0.5) is 5.69 Å². The molecular weight excluding hydrogens is 288 g/mol. The molecule has 18 heavy (non-hydrogen) atoms. The Bertz CT molecular complexity index is 384. The van der Waals surface area contributed by atoms with Crippen LogP contribution in [0.1, 0.15) is 38.7 Å². The molecule has 0 aliphatic carbocycles. The first-order valence-corrected chi connectivity index (χ1v) is 7.73. The zero-order valence-electron chi connectivity index (χ0n) is 11.4. The van der Waals surface area contributed by atoms with Gasteiger partial charge in [0.25, 0.3) is 0 Å². The number of benzene rings is 1. The topological polar surface area (TPSA) is 15.3 Å². The Hall–Kier alpha value is -0.540. The van der Waals surface area contributed by atoms with E-state index in [0.29, 0.717) is 6.04 Å². The highest BCUT2D eigenvalue weighted by Crippen LogP contribution is 2.29.